The number of carbonyl (C=O) groups excluding carboxylic acids is 1. The van der Waals surface area contributed by atoms with Crippen molar-refractivity contribution in [2.24, 2.45) is 0 Å². The number of aryl methyl sites for hydroxylation is 1. The van der Waals surface area contributed by atoms with E-state index in [0.29, 0.717) is 13.1 Å². The molecule has 2 rings (SSSR count). The number of aliphatic hydroxyl groups is 2. The van der Waals surface area contributed by atoms with Crippen LogP contribution in [0.1, 0.15) is 37.4 Å². The van der Waals surface area contributed by atoms with Crippen LogP contribution in [0.3, 0.4) is 0 Å². The Bertz CT molecular complexity index is 492. The van der Waals surface area contributed by atoms with Crippen molar-refractivity contribution < 1.29 is 15.0 Å². The summed E-state index contributed by atoms with van der Waals surface area (Å²) < 4.78 is 0. The van der Waals surface area contributed by atoms with Gasteiger partial charge in [0, 0.05) is 13.1 Å². The highest BCUT2D eigenvalue weighted by molar-refractivity contribution is 5.78. The minimum absolute atomic E-state index is 0.0667. The zero-order valence-corrected chi connectivity index (χ0v) is 13.3. The molecule has 0 aliphatic heterocycles. The molecule has 5 heteroatoms. The molecular formula is C17H26N2O3. The molecule has 122 valence electrons. The monoisotopic (exact) mass is 306 g/mol. The lowest BCUT2D eigenvalue weighted by Crippen LogP contribution is -2.43. The van der Waals surface area contributed by atoms with E-state index in [-0.39, 0.29) is 18.5 Å². The van der Waals surface area contributed by atoms with Crippen LogP contribution < -0.4 is 5.32 Å². The smallest absolute Gasteiger partial charge is 0.234 e. The van der Waals surface area contributed by atoms with Crippen molar-refractivity contribution in [2.75, 3.05) is 19.6 Å². The van der Waals surface area contributed by atoms with Crippen LogP contribution in [0.25, 0.3) is 0 Å². The van der Waals surface area contributed by atoms with Gasteiger partial charge in [-0.2, -0.15) is 0 Å². The Hall–Kier alpha value is -1.43. The molecule has 1 aliphatic rings. The minimum Gasteiger partial charge on any atom is -0.392 e. The van der Waals surface area contributed by atoms with Crippen LogP contribution in [-0.2, 0) is 11.2 Å². The van der Waals surface area contributed by atoms with Crippen molar-refractivity contribution in [2.45, 2.75) is 44.9 Å². The first-order valence-corrected chi connectivity index (χ1v) is 7.91. The van der Waals surface area contributed by atoms with Gasteiger partial charge in [0.25, 0.3) is 0 Å². The number of fused-ring (bicyclic) bond motifs is 1. The first-order valence-electron chi connectivity index (χ1n) is 7.91. The number of benzene rings is 1. The van der Waals surface area contributed by atoms with Crippen LogP contribution in [0.2, 0.25) is 0 Å². The quantitative estimate of drug-likeness (QED) is 0.698. The highest BCUT2D eigenvalue weighted by atomic mass is 16.3. The maximum Gasteiger partial charge on any atom is 0.234 e. The number of carbonyl (C=O) groups is 1. The number of aliphatic hydroxyl groups excluding tert-OH is 2. The first-order chi connectivity index (χ1) is 10.5. The molecule has 22 heavy (non-hydrogen) atoms. The highest BCUT2D eigenvalue weighted by Crippen LogP contribution is 2.30. The number of amides is 1. The van der Waals surface area contributed by atoms with E-state index in [2.05, 4.69) is 17.4 Å². The molecular weight excluding hydrogens is 280 g/mol. The Morgan fingerprint density at radius 1 is 1.27 bits per heavy atom. The predicted molar refractivity (Wildman–Crippen MR) is 85.4 cm³/mol. The second-order valence-electron chi connectivity index (χ2n) is 6.25. The number of nitrogens with one attached hydrogen (secondary N) is 1. The molecule has 0 aromatic heterocycles. The molecule has 1 amide bonds. The summed E-state index contributed by atoms with van der Waals surface area (Å²) in [6.07, 6.45) is 0.863. The first kappa shape index (κ1) is 16.9. The summed E-state index contributed by atoms with van der Waals surface area (Å²) in [5.41, 5.74) is 2.51. The van der Waals surface area contributed by atoms with E-state index in [0.717, 1.165) is 12.8 Å². The fourth-order valence-corrected chi connectivity index (χ4v) is 3.10. The van der Waals surface area contributed by atoms with Crippen LogP contribution in [0.4, 0.5) is 0 Å². The maximum atomic E-state index is 12.3. The van der Waals surface area contributed by atoms with E-state index in [1.54, 1.807) is 18.7 Å². The fourth-order valence-electron chi connectivity index (χ4n) is 3.10. The van der Waals surface area contributed by atoms with Crippen LogP contribution in [0.5, 0.6) is 0 Å². The molecule has 1 aromatic carbocycles. The Morgan fingerprint density at radius 3 is 2.55 bits per heavy atom. The fraction of sp³-hybridized carbons (Fsp3) is 0.588. The van der Waals surface area contributed by atoms with Gasteiger partial charge in [0.2, 0.25) is 5.91 Å². The molecule has 5 nitrogen and oxygen atoms in total. The lowest BCUT2D eigenvalue weighted by Gasteiger charge is -2.25. The SMILES string of the molecule is CC(O)CN(CC(=O)N[C@@H]1CCc2ccccc21)C[C@@H](C)O. The molecule has 0 bridgehead atoms. The summed E-state index contributed by atoms with van der Waals surface area (Å²) in [4.78, 5) is 14.0. The van der Waals surface area contributed by atoms with Crippen molar-refractivity contribution in [3.8, 4) is 0 Å². The third-order valence-electron chi connectivity index (χ3n) is 3.88. The molecule has 0 heterocycles. The van der Waals surface area contributed by atoms with E-state index in [9.17, 15) is 15.0 Å². The molecule has 0 spiro atoms. The van der Waals surface area contributed by atoms with E-state index in [1.807, 2.05) is 12.1 Å². The maximum absolute atomic E-state index is 12.3. The molecule has 0 saturated heterocycles. The Kier molecular flexibility index (Phi) is 5.94. The Morgan fingerprint density at radius 2 is 1.91 bits per heavy atom. The van der Waals surface area contributed by atoms with Gasteiger partial charge in [-0.1, -0.05) is 24.3 Å². The topological polar surface area (TPSA) is 72.8 Å². The van der Waals surface area contributed by atoms with Crippen LogP contribution in [0, 0.1) is 0 Å². The van der Waals surface area contributed by atoms with Gasteiger partial charge in [-0.15, -0.1) is 0 Å². The number of hydrogen-bond acceptors (Lipinski definition) is 4. The lowest BCUT2D eigenvalue weighted by molar-refractivity contribution is -0.123. The molecule has 1 aromatic rings. The van der Waals surface area contributed by atoms with Gasteiger partial charge in [0.15, 0.2) is 0 Å². The normalized spacial score (nSPS) is 19.8. The van der Waals surface area contributed by atoms with Crippen molar-refractivity contribution in [1.82, 2.24) is 10.2 Å². The van der Waals surface area contributed by atoms with Gasteiger partial charge in [-0.3, -0.25) is 9.69 Å². The van der Waals surface area contributed by atoms with Crippen LogP contribution in [-0.4, -0.2) is 52.9 Å². The number of rotatable bonds is 7. The number of nitrogens with zero attached hydrogens (tertiary/aromatic N) is 1. The summed E-state index contributed by atoms with van der Waals surface area (Å²) in [6.45, 7) is 4.30. The Balaban J connectivity index is 1.91. The highest BCUT2D eigenvalue weighted by Gasteiger charge is 2.24. The molecule has 1 aliphatic carbocycles. The molecule has 3 N–H and O–H groups in total. The van der Waals surface area contributed by atoms with Crippen molar-refractivity contribution in [1.29, 1.82) is 0 Å². The third-order valence-corrected chi connectivity index (χ3v) is 3.88. The zero-order chi connectivity index (χ0) is 16.1. The predicted octanol–water partition coefficient (Wildman–Crippen LogP) is 0.854. The summed E-state index contributed by atoms with van der Waals surface area (Å²) in [7, 11) is 0. The van der Waals surface area contributed by atoms with Crippen LogP contribution in [0.15, 0.2) is 24.3 Å². The molecule has 0 radical (unpaired) electrons. The minimum atomic E-state index is -0.529. The summed E-state index contributed by atoms with van der Waals surface area (Å²) in [6, 6.07) is 8.27. The second-order valence-corrected chi connectivity index (χ2v) is 6.25. The summed E-state index contributed by atoms with van der Waals surface area (Å²) in [5.74, 6) is -0.0667. The van der Waals surface area contributed by atoms with Gasteiger partial charge in [0.1, 0.15) is 0 Å². The van der Waals surface area contributed by atoms with E-state index < -0.39 is 12.2 Å². The van der Waals surface area contributed by atoms with Gasteiger partial charge in [-0.05, 0) is 37.8 Å². The lowest BCUT2D eigenvalue weighted by atomic mass is 10.1. The zero-order valence-electron chi connectivity index (χ0n) is 13.3. The van der Waals surface area contributed by atoms with Gasteiger partial charge < -0.3 is 15.5 Å². The average Bonchev–Trinajstić information content (AvgIpc) is 2.80. The van der Waals surface area contributed by atoms with E-state index in [4.69, 9.17) is 0 Å². The number of hydrogen-bond donors (Lipinski definition) is 3. The van der Waals surface area contributed by atoms with E-state index >= 15 is 0 Å². The van der Waals surface area contributed by atoms with Gasteiger partial charge >= 0.3 is 0 Å². The van der Waals surface area contributed by atoms with Gasteiger partial charge in [0.05, 0.1) is 24.8 Å². The summed E-state index contributed by atoms with van der Waals surface area (Å²) in [5, 5.41) is 22.1. The molecule has 0 fully saturated rings. The molecule has 1 unspecified atom stereocenters. The van der Waals surface area contributed by atoms with Crippen molar-refractivity contribution in [3.05, 3.63) is 35.4 Å². The summed E-state index contributed by atoms with van der Waals surface area (Å²) >= 11 is 0. The standard InChI is InChI=1S/C17H26N2O3/c1-12(20)9-19(10-13(2)21)11-17(22)18-16-8-7-14-5-3-4-6-15(14)16/h3-6,12-13,16,20-21H,7-11H2,1-2H3,(H,18,22)/t12-,13?,16-/m1/s1. The van der Waals surface area contributed by atoms with Crippen molar-refractivity contribution >= 4 is 5.91 Å². The molecule has 3 atom stereocenters. The van der Waals surface area contributed by atoms with Gasteiger partial charge in [-0.25, -0.2) is 0 Å². The third kappa shape index (κ3) is 4.80. The second kappa shape index (κ2) is 7.72. The molecule has 0 saturated carbocycles. The van der Waals surface area contributed by atoms with Crippen LogP contribution >= 0.6 is 0 Å². The average molecular weight is 306 g/mol. The largest absolute Gasteiger partial charge is 0.392 e. The Labute approximate surface area is 131 Å². The van der Waals surface area contributed by atoms with Crippen molar-refractivity contribution in [3.63, 3.8) is 0 Å². The van der Waals surface area contributed by atoms with E-state index in [1.165, 1.54) is 11.1 Å².